The first kappa shape index (κ1) is 14.7. The van der Waals surface area contributed by atoms with E-state index in [2.05, 4.69) is 41.2 Å². The molecule has 0 saturated carbocycles. The Morgan fingerprint density at radius 2 is 2.24 bits per heavy atom. The number of hydrogen-bond donors (Lipinski definition) is 0. The molecule has 0 N–H and O–H groups in total. The lowest BCUT2D eigenvalue weighted by atomic mass is 10.2. The Bertz CT molecular complexity index is 590. The van der Waals surface area contributed by atoms with E-state index in [1.807, 2.05) is 24.5 Å². The third-order valence-corrected chi connectivity index (χ3v) is 4.93. The molecular formula is C17H22N2OS. The smallest absolute Gasteiger partial charge is 0.0917 e. The zero-order chi connectivity index (χ0) is 14.7. The Balaban J connectivity index is 1.58. The molecule has 0 spiro atoms. The molecule has 1 atom stereocenters. The summed E-state index contributed by atoms with van der Waals surface area (Å²) in [7, 11) is 2.17. The number of nitrogens with zero attached hydrogens (tertiary/aromatic N) is 2. The van der Waals surface area contributed by atoms with Crippen molar-refractivity contribution in [1.29, 1.82) is 0 Å². The first-order valence-corrected chi connectivity index (χ1v) is 8.32. The van der Waals surface area contributed by atoms with Gasteiger partial charge in [-0.3, -0.25) is 9.88 Å². The Hall–Kier alpha value is -1.23. The maximum absolute atomic E-state index is 5.76. The molecule has 21 heavy (non-hydrogen) atoms. The SMILES string of the molecule is Cc1cc(CN(C)Cc2ccc([C@@H]3CCCO3)s2)ccn1. The summed E-state index contributed by atoms with van der Waals surface area (Å²) in [5.74, 6) is 0. The second-order valence-electron chi connectivity index (χ2n) is 5.78. The number of aromatic nitrogens is 1. The Morgan fingerprint density at radius 3 is 3.00 bits per heavy atom. The summed E-state index contributed by atoms with van der Waals surface area (Å²) in [6, 6.07) is 8.73. The van der Waals surface area contributed by atoms with Gasteiger partial charge in [-0.05, 0) is 56.6 Å². The van der Waals surface area contributed by atoms with Crippen molar-refractivity contribution in [3.05, 3.63) is 51.5 Å². The first-order chi connectivity index (χ1) is 10.2. The van der Waals surface area contributed by atoms with Gasteiger partial charge < -0.3 is 4.74 Å². The van der Waals surface area contributed by atoms with Crippen molar-refractivity contribution in [1.82, 2.24) is 9.88 Å². The van der Waals surface area contributed by atoms with Crippen LogP contribution in [-0.4, -0.2) is 23.5 Å². The van der Waals surface area contributed by atoms with Gasteiger partial charge in [0.25, 0.3) is 0 Å². The van der Waals surface area contributed by atoms with E-state index in [1.54, 1.807) is 0 Å². The number of thiophene rings is 1. The highest BCUT2D eigenvalue weighted by Gasteiger charge is 2.19. The Kier molecular flexibility index (Phi) is 4.68. The minimum atomic E-state index is 0.344. The third kappa shape index (κ3) is 3.90. The Labute approximate surface area is 130 Å². The van der Waals surface area contributed by atoms with Crippen molar-refractivity contribution >= 4 is 11.3 Å². The van der Waals surface area contributed by atoms with Crippen molar-refractivity contribution in [2.75, 3.05) is 13.7 Å². The molecule has 3 heterocycles. The zero-order valence-corrected chi connectivity index (χ0v) is 13.5. The van der Waals surface area contributed by atoms with Gasteiger partial charge in [0.1, 0.15) is 0 Å². The van der Waals surface area contributed by atoms with Gasteiger partial charge in [0.2, 0.25) is 0 Å². The predicted octanol–water partition coefficient (Wildman–Crippen LogP) is 3.94. The maximum Gasteiger partial charge on any atom is 0.0917 e. The minimum absolute atomic E-state index is 0.344. The van der Waals surface area contributed by atoms with Crippen molar-refractivity contribution in [3.8, 4) is 0 Å². The quantitative estimate of drug-likeness (QED) is 0.836. The molecule has 0 unspecified atom stereocenters. The molecular weight excluding hydrogens is 280 g/mol. The monoisotopic (exact) mass is 302 g/mol. The van der Waals surface area contributed by atoms with Crippen LogP contribution < -0.4 is 0 Å². The lowest BCUT2D eigenvalue weighted by Crippen LogP contribution is -2.16. The minimum Gasteiger partial charge on any atom is -0.373 e. The predicted molar refractivity (Wildman–Crippen MR) is 86.4 cm³/mol. The molecule has 112 valence electrons. The fourth-order valence-electron chi connectivity index (χ4n) is 2.79. The summed E-state index contributed by atoms with van der Waals surface area (Å²) >= 11 is 1.89. The fraction of sp³-hybridized carbons (Fsp3) is 0.471. The van der Waals surface area contributed by atoms with Crippen molar-refractivity contribution < 1.29 is 4.74 Å². The summed E-state index contributed by atoms with van der Waals surface area (Å²) in [5.41, 5.74) is 2.40. The molecule has 0 aliphatic carbocycles. The van der Waals surface area contributed by atoms with Crippen LogP contribution in [0, 0.1) is 6.92 Å². The zero-order valence-electron chi connectivity index (χ0n) is 12.7. The molecule has 0 aromatic carbocycles. The molecule has 1 aliphatic rings. The molecule has 2 aromatic heterocycles. The van der Waals surface area contributed by atoms with E-state index >= 15 is 0 Å². The van der Waals surface area contributed by atoms with E-state index < -0.39 is 0 Å². The first-order valence-electron chi connectivity index (χ1n) is 7.51. The lowest BCUT2D eigenvalue weighted by Gasteiger charge is -2.16. The topological polar surface area (TPSA) is 25.4 Å². The molecule has 1 saturated heterocycles. The summed E-state index contributed by atoms with van der Waals surface area (Å²) < 4.78 is 5.76. The maximum atomic E-state index is 5.76. The van der Waals surface area contributed by atoms with Gasteiger partial charge in [0.05, 0.1) is 6.10 Å². The van der Waals surface area contributed by atoms with E-state index in [9.17, 15) is 0 Å². The second kappa shape index (κ2) is 6.69. The summed E-state index contributed by atoms with van der Waals surface area (Å²) in [6.07, 6.45) is 4.60. The molecule has 0 amide bonds. The highest BCUT2D eigenvalue weighted by Crippen LogP contribution is 2.33. The van der Waals surface area contributed by atoms with E-state index in [0.29, 0.717) is 6.10 Å². The highest BCUT2D eigenvalue weighted by atomic mass is 32.1. The fourth-order valence-corrected chi connectivity index (χ4v) is 3.97. The van der Waals surface area contributed by atoms with E-state index in [4.69, 9.17) is 4.74 Å². The molecule has 0 bridgehead atoms. The number of aryl methyl sites for hydroxylation is 1. The molecule has 0 radical (unpaired) electrons. The van der Waals surface area contributed by atoms with Gasteiger partial charge in [-0.2, -0.15) is 0 Å². The van der Waals surface area contributed by atoms with Crippen LogP contribution in [0.4, 0.5) is 0 Å². The highest BCUT2D eigenvalue weighted by molar-refractivity contribution is 7.12. The van der Waals surface area contributed by atoms with Gasteiger partial charge in [-0.25, -0.2) is 0 Å². The molecule has 2 aromatic rings. The van der Waals surface area contributed by atoms with E-state index in [1.165, 1.54) is 28.2 Å². The number of pyridine rings is 1. The summed E-state index contributed by atoms with van der Waals surface area (Å²) in [6.45, 7) is 4.89. The van der Waals surface area contributed by atoms with Gasteiger partial charge in [-0.1, -0.05) is 0 Å². The molecule has 3 rings (SSSR count). The average Bonchev–Trinajstić information content (AvgIpc) is 3.08. The standard InChI is InChI=1S/C17H22N2OS/c1-13-10-14(7-8-18-13)11-19(2)12-15-5-6-17(21-15)16-4-3-9-20-16/h5-8,10,16H,3-4,9,11-12H2,1-2H3/t16-/m0/s1. The largest absolute Gasteiger partial charge is 0.373 e. The summed E-state index contributed by atoms with van der Waals surface area (Å²) in [4.78, 5) is 9.39. The normalized spacial score (nSPS) is 18.5. The van der Waals surface area contributed by atoms with Crippen LogP contribution in [0.5, 0.6) is 0 Å². The molecule has 1 fully saturated rings. The Morgan fingerprint density at radius 1 is 1.33 bits per heavy atom. The lowest BCUT2D eigenvalue weighted by molar-refractivity contribution is 0.114. The number of hydrogen-bond acceptors (Lipinski definition) is 4. The van der Waals surface area contributed by atoms with Crippen LogP contribution in [0.3, 0.4) is 0 Å². The van der Waals surface area contributed by atoms with Crippen LogP contribution >= 0.6 is 11.3 Å². The van der Waals surface area contributed by atoms with Crippen LogP contribution in [0.15, 0.2) is 30.5 Å². The van der Waals surface area contributed by atoms with Crippen LogP contribution in [0.2, 0.25) is 0 Å². The molecule has 1 aliphatic heterocycles. The number of rotatable bonds is 5. The second-order valence-corrected chi connectivity index (χ2v) is 6.98. The molecule has 3 nitrogen and oxygen atoms in total. The van der Waals surface area contributed by atoms with E-state index in [-0.39, 0.29) is 0 Å². The summed E-state index contributed by atoms with van der Waals surface area (Å²) in [5, 5.41) is 0. The van der Waals surface area contributed by atoms with Gasteiger partial charge in [0, 0.05) is 41.3 Å². The van der Waals surface area contributed by atoms with Crippen molar-refractivity contribution in [2.24, 2.45) is 0 Å². The van der Waals surface area contributed by atoms with Crippen molar-refractivity contribution in [2.45, 2.75) is 39.0 Å². The van der Waals surface area contributed by atoms with Gasteiger partial charge in [0.15, 0.2) is 0 Å². The van der Waals surface area contributed by atoms with Crippen LogP contribution in [0.1, 0.15) is 40.0 Å². The number of ether oxygens (including phenoxy) is 1. The molecule has 4 heteroatoms. The van der Waals surface area contributed by atoms with Gasteiger partial charge in [-0.15, -0.1) is 11.3 Å². The third-order valence-electron chi connectivity index (χ3n) is 3.77. The van der Waals surface area contributed by atoms with Crippen LogP contribution in [0.25, 0.3) is 0 Å². The van der Waals surface area contributed by atoms with Crippen molar-refractivity contribution in [3.63, 3.8) is 0 Å². The average molecular weight is 302 g/mol. The van der Waals surface area contributed by atoms with E-state index in [0.717, 1.165) is 25.4 Å². The van der Waals surface area contributed by atoms with Gasteiger partial charge >= 0.3 is 0 Å². The van der Waals surface area contributed by atoms with Crippen LogP contribution in [-0.2, 0) is 17.8 Å².